The van der Waals surface area contributed by atoms with Crippen molar-refractivity contribution in [1.29, 1.82) is 0 Å². The summed E-state index contributed by atoms with van der Waals surface area (Å²) in [4.78, 5) is 0. The van der Waals surface area contributed by atoms with Crippen LogP contribution in [0.4, 0.5) is 0 Å². The van der Waals surface area contributed by atoms with Crippen molar-refractivity contribution < 1.29 is 10.2 Å². The van der Waals surface area contributed by atoms with Crippen molar-refractivity contribution in [3.8, 4) is 0 Å². The van der Waals surface area contributed by atoms with Gasteiger partial charge in [-0.2, -0.15) is 0 Å². The fourth-order valence-electron chi connectivity index (χ4n) is 0.471. The summed E-state index contributed by atoms with van der Waals surface area (Å²) in [5.74, 6) is 0. The van der Waals surface area contributed by atoms with Gasteiger partial charge in [-0.05, 0) is 28.8 Å². The third kappa shape index (κ3) is 11.0. The van der Waals surface area contributed by atoms with E-state index in [-0.39, 0.29) is 6.15 Å². The highest BCUT2D eigenvalue weighted by Gasteiger charge is 2.15. The minimum absolute atomic E-state index is 0. The zero-order chi connectivity index (χ0) is 7.33. The molecule has 0 aliphatic heterocycles. The molecule has 0 rings (SSSR count). The third-order valence-corrected chi connectivity index (χ3v) is 1.30. The highest BCUT2D eigenvalue weighted by atomic mass is 79.9. The highest BCUT2D eigenvalue weighted by molar-refractivity contribution is 9.09. The molecular formula is C6H14BrNO2. The highest BCUT2D eigenvalue weighted by Crippen LogP contribution is 2.17. The predicted octanol–water partition coefficient (Wildman–Crippen LogP) is 1.54. The molecule has 0 aromatic heterocycles. The van der Waals surface area contributed by atoms with Gasteiger partial charge in [-0.15, -0.1) is 6.58 Å². The minimum atomic E-state index is -1.68. The van der Waals surface area contributed by atoms with E-state index in [1.54, 1.807) is 6.08 Å². The Morgan fingerprint density at radius 2 is 2.00 bits per heavy atom. The van der Waals surface area contributed by atoms with Crippen LogP contribution in [0.5, 0.6) is 0 Å². The van der Waals surface area contributed by atoms with Crippen LogP contribution in [0.2, 0.25) is 0 Å². The molecule has 0 aliphatic carbocycles. The first-order valence-corrected chi connectivity index (χ1v) is 3.60. The number of allylic oxidation sites excluding steroid dienone is 1. The lowest BCUT2D eigenvalue weighted by molar-refractivity contribution is -0.0748. The van der Waals surface area contributed by atoms with E-state index in [1.807, 2.05) is 0 Å². The van der Waals surface area contributed by atoms with E-state index in [0.717, 1.165) is 12.8 Å². The fourth-order valence-corrected chi connectivity index (χ4v) is 0.752. The second-order valence-electron chi connectivity index (χ2n) is 1.90. The molecule has 0 saturated carbocycles. The lowest BCUT2D eigenvalue weighted by Gasteiger charge is -2.11. The van der Waals surface area contributed by atoms with Gasteiger partial charge in [0.25, 0.3) is 0 Å². The molecule has 0 aromatic carbocycles. The summed E-state index contributed by atoms with van der Waals surface area (Å²) >= 11 is 2.69. The molecule has 0 amide bonds. The van der Waals surface area contributed by atoms with Crippen molar-refractivity contribution >= 4 is 15.9 Å². The van der Waals surface area contributed by atoms with E-state index < -0.39 is 4.70 Å². The van der Waals surface area contributed by atoms with Crippen molar-refractivity contribution in [1.82, 2.24) is 6.15 Å². The molecule has 5 N–H and O–H groups in total. The standard InChI is InChI=1S/C6H11BrO2.H3N/c1-2-3-4-5-6(7,8)9;/h2,8-9H,1,3-5H2;1H3. The third-order valence-electron chi connectivity index (χ3n) is 0.903. The van der Waals surface area contributed by atoms with Gasteiger partial charge in [0.2, 0.25) is 4.70 Å². The molecule has 0 unspecified atom stereocenters. The van der Waals surface area contributed by atoms with Gasteiger partial charge in [0, 0.05) is 6.42 Å². The van der Waals surface area contributed by atoms with E-state index in [2.05, 4.69) is 22.5 Å². The number of unbranched alkanes of at least 4 members (excludes halogenated alkanes) is 1. The average Bonchev–Trinajstić information content (AvgIpc) is 1.63. The fraction of sp³-hybridized carbons (Fsp3) is 0.667. The normalized spacial score (nSPS) is 10.3. The minimum Gasteiger partial charge on any atom is -0.357 e. The molecular weight excluding hydrogens is 198 g/mol. The van der Waals surface area contributed by atoms with Gasteiger partial charge in [0.15, 0.2) is 0 Å². The molecule has 3 nitrogen and oxygen atoms in total. The van der Waals surface area contributed by atoms with Crippen LogP contribution < -0.4 is 6.15 Å². The largest absolute Gasteiger partial charge is 0.357 e. The summed E-state index contributed by atoms with van der Waals surface area (Å²) in [5, 5.41) is 17.4. The maximum Gasteiger partial charge on any atom is 0.221 e. The number of aliphatic hydroxyl groups is 2. The van der Waals surface area contributed by atoms with Gasteiger partial charge in [-0.3, -0.25) is 0 Å². The number of halogens is 1. The quantitative estimate of drug-likeness (QED) is 0.286. The van der Waals surface area contributed by atoms with Crippen LogP contribution in [0, 0.1) is 0 Å². The van der Waals surface area contributed by atoms with Crippen LogP contribution in [0.25, 0.3) is 0 Å². The zero-order valence-electron chi connectivity index (χ0n) is 5.89. The van der Waals surface area contributed by atoms with Crippen molar-refractivity contribution in [2.24, 2.45) is 0 Å². The van der Waals surface area contributed by atoms with Gasteiger partial charge in [0.1, 0.15) is 0 Å². The Labute approximate surface area is 69.5 Å². The van der Waals surface area contributed by atoms with E-state index in [9.17, 15) is 0 Å². The monoisotopic (exact) mass is 211 g/mol. The molecule has 0 atom stereocenters. The Hall–Kier alpha value is 0.100. The van der Waals surface area contributed by atoms with Crippen molar-refractivity contribution in [3.05, 3.63) is 12.7 Å². The summed E-state index contributed by atoms with van der Waals surface area (Å²) in [6.07, 6.45) is 3.63. The van der Waals surface area contributed by atoms with E-state index >= 15 is 0 Å². The Balaban J connectivity index is 0. The number of hydrogen-bond donors (Lipinski definition) is 3. The second kappa shape index (κ2) is 5.85. The molecule has 62 valence electrons. The Morgan fingerprint density at radius 1 is 1.50 bits per heavy atom. The smallest absolute Gasteiger partial charge is 0.221 e. The number of rotatable bonds is 4. The van der Waals surface area contributed by atoms with Crippen LogP contribution in [0.1, 0.15) is 19.3 Å². The van der Waals surface area contributed by atoms with E-state index in [0.29, 0.717) is 6.42 Å². The predicted molar refractivity (Wildman–Crippen MR) is 45.2 cm³/mol. The number of alkyl halides is 1. The SMILES string of the molecule is C=CCCCC(O)(O)Br.N. The zero-order valence-corrected chi connectivity index (χ0v) is 7.47. The van der Waals surface area contributed by atoms with Gasteiger partial charge in [-0.25, -0.2) is 0 Å². The van der Waals surface area contributed by atoms with E-state index in [4.69, 9.17) is 10.2 Å². The van der Waals surface area contributed by atoms with Crippen LogP contribution in [0.3, 0.4) is 0 Å². The van der Waals surface area contributed by atoms with Gasteiger partial charge < -0.3 is 16.4 Å². The molecule has 0 aromatic rings. The maximum absolute atomic E-state index is 8.68. The summed E-state index contributed by atoms with van der Waals surface area (Å²) in [7, 11) is 0. The lowest BCUT2D eigenvalue weighted by atomic mass is 10.2. The maximum atomic E-state index is 8.68. The molecule has 0 radical (unpaired) electrons. The Bertz CT molecular complexity index is 90.2. The summed E-state index contributed by atoms with van der Waals surface area (Å²) in [6.45, 7) is 3.50. The van der Waals surface area contributed by atoms with Crippen LogP contribution >= 0.6 is 15.9 Å². The molecule has 0 fully saturated rings. The first kappa shape index (κ1) is 12.7. The van der Waals surface area contributed by atoms with Gasteiger partial charge >= 0.3 is 0 Å². The van der Waals surface area contributed by atoms with Crippen LogP contribution in [-0.2, 0) is 0 Å². The second-order valence-corrected chi connectivity index (χ2v) is 3.17. The van der Waals surface area contributed by atoms with E-state index in [1.165, 1.54) is 0 Å². The summed E-state index contributed by atoms with van der Waals surface area (Å²) in [6, 6.07) is 0. The molecule has 0 spiro atoms. The van der Waals surface area contributed by atoms with Gasteiger partial charge in [-0.1, -0.05) is 6.08 Å². The van der Waals surface area contributed by atoms with Crippen molar-refractivity contribution in [3.63, 3.8) is 0 Å². The Morgan fingerprint density at radius 3 is 2.30 bits per heavy atom. The van der Waals surface area contributed by atoms with Crippen molar-refractivity contribution in [2.45, 2.75) is 24.0 Å². The van der Waals surface area contributed by atoms with Gasteiger partial charge in [0.05, 0.1) is 0 Å². The molecule has 4 heteroatoms. The first-order chi connectivity index (χ1) is 4.06. The molecule has 0 aliphatic rings. The topological polar surface area (TPSA) is 75.5 Å². The number of hydrogen-bond acceptors (Lipinski definition) is 3. The van der Waals surface area contributed by atoms with Crippen LogP contribution in [-0.4, -0.2) is 14.9 Å². The summed E-state index contributed by atoms with van der Waals surface area (Å²) < 4.78 is -1.68. The first-order valence-electron chi connectivity index (χ1n) is 2.81. The van der Waals surface area contributed by atoms with Crippen molar-refractivity contribution in [2.75, 3.05) is 0 Å². The lowest BCUT2D eigenvalue weighted by Crippen LogP contribution is -2.17. The molecule has 0 saturated heterocycles. The Kier molecular flexibility index (Phi) is 7.46. The average molecular weight is 212 g/mol. The van der Waals surface area contributed by atoms with Crippen LogP contribution in [0.15, 0.2) is 12.7 Å². The molecule has 0 heterocycles. The summed E-state index contributed by atoms with van der Waals surface area (Å²) in [5.41, 5.74) is 0. The molecule has 0 bridgehead atoms. The molecule has 10 heavy (non-hydrogen) atoms.